The molecular weight excluding hydrogens is 284 g/mol. The zero-order valence-corrected chi connectivity index (χ0v) is 11.4. The Morgan fingerprint density at radius 2 is 2.06 bits per heavy atom. The lowest BCUT2D eigenvalue weighted by atomic mass is 10.1. The van der Waals surface area contributed by atoms with Gasteiger partial charge in [-0.15, -0.1) is 0 Å². The van der Waals surface area contributed by atoms with Gasteiger partial charge in [-0.1, -0.05) is 40.3 Å². The van der Waals surface area contributed by atoms with Crippen molar-refractivity contribution in [3.63, 3.8) is 0 Å². The Balaban J connectivity index is 2.28. The molecule has 0 aliphatic carbocycles. The van der Waals surface area contributed by atoms with Crippen LogP contribution in [-0.4, -0.2) is 23.0 Å². The number of nitrogens with two attached hydrogens (primary N) is 1. The highest BCUT2D eigenvalue weighted by atomic mass is 79.9. The summed E-state index contributed by atoms with van der Waals surface area (Å²) in [6, 6.07) is 8.33. The smallest absolute Gasteiger partial charge is 0.0948 e. The van der Waals surface area contributed by atoms with Crippen LogP contribution in [0.25, 0.3) is 0 Å². The molecular formula is C12H15BrN2S. The van der Waals surface area contributed by atoms with Crippen LogP contribution >= 0.6 is 28.1 Å². The average Bonchev–Trinajstić information content (AvgIpc) is 2.71. The first kappa shape index (κ1) is 12.0. The summed E-state index contributed by atoms with van der Waals surface area (Å²) in [4.78, 5) is 2.93. The van der Waals surface area contributed by atoms with E-state index in [9.17, 15) is 0 Å². The summed E-state index contributed by atoms with van der Waals surface area (Å²) in [5, 5.41) is 0. The molecule has 1 saturated heterocycles. The van der Waals surface area contributed by atoms with Crippen LogP contribution in [-0.2, 0) is 0 Å². The van der Waals surface area contributed by atoms with E-state index >= 15 is 0 Å². The SMILES string of the molecule is NC(=S)C(c1cccc(Br)c1)N1CCCC1. The first-order valence-electron chi connectivity index (χ1n) is 5.47. The summed E-state index contributed by atoms with van der Waals surface area (Å²) in [6.45, 7) is 2.18. The Morgan fingerprint density at radius 3 is 2.62 bits per heavy atom. The van der Waals surface area contributed by atoms with Gasteiger partial charge < -0.3 is 5.73 Å². The number of hydrogen-bond acceptors (Lipinski definition) is 2. The highest BCUT2D eigenvalue weighted by Crippen LogP contribution is 2.27. The number of halogens is 1. The molecule has 1 unspecified atom stereocenters. The van der Waals surface area contributed by atoms with Gasteiger partial charge in [0.1, 0.15) is 0 Å². The van der Waals surface area contributed by atoms with Gasteiger partial charge in [-0.25, -0.2) is 0 Å². The number of thiocarbonyl (C=S) groups is 1. The van der Waals surface area contributed by atoms with E-state index in [1.165, 1.54) is 18.4 Å². The second-order valence-corrected chi connectivity index (χ2v) is 5.49. The highest BCUT2D eigenvalue weighted by molar-refractivity contribution is 9.10. The summed E-state index contributed by atoms with van der Waals surface area (Å²) >= 11 is 8.69. The summed E-state index contributed by atoms with van der Waals surface area (Å²) in [6.07, 6.45) is 2.49. The highest BCUT2D eigenvalue weighted by Gasteiger charge is 2.25. The van der Waals surface area contributed by atoms with Crippen molar-refractivity contribution in [2.75, 3.05) is 13.1 Å². The summed E-state index contributed by atoms with van der Waals surface area (Å²) in [5.74, 6) is 0. The molecule has 0 spiro atoms. The predicted octanol–water partition coefficient (Wildman–Crippen LogP) is 2.87. The van der Waals surface area contributed by atoms with E-state index in [0.717, 1.165) is 17.6 Å². The van der Waals surface area contributed by atoms with Crippen LogP contribution in [0.5, 0.6) is 0 Å². The number of likely N-dealkylation sites (tertiary alicyclic amines) is 1. The zero-order chi connectivity index (χ0) is 11.5. The summed E-state index contributed by atoms with van der Waals surface area (Å²) < 4.78 is 1.07. The van der Waals surface area contributed by atoms with Crippen LogP contribution < -0.4 is 5.73 Å². The minimum atomic E-state index is 0.0926. The van der Waals surface area contributed by atoms with Crippen LogP contribution in [0.3, 0.4) is 0 Å². The molecule has 0 saturated carbocycles. The van der Waals surface area contributed by atoms with Crippen molar-refractivity contribution in [1.29, 1.82) is 0 Å². The molecule has 1 aromatic rings. The third-order valence-electron chi connectivity index (χ3n) is 2.94. The molecule has 1 aliphatic rings. The van der Waals surface area contributed by atoms with Crippen molar-refractivity contribution in [1.82, 2.24) is 4.90 Å². The topological polar surface area (TPSA) is 29.3 Å². The van der Waals surface area contributed by atoms with E-state index in [1.807, 2.05) is 12.1 Å². The lowest BCUT2D eigenvalue weighted by Crippen LogP contribution is -2.34. The molecule has 1 heterocycles. The van der Waals surface area contributed by atoms with Gasteiger partial charge in [0.25, 0.3) is 0 Å². The fourth-order valence-corrected chi connectivity index (χ4v) is 2.93. The molecule has 1 atom stereocenters. The first-order valence-corrected chi connectivity index (χ1v) is 6.67. The summed E-state index contributed by atoms with van der Waals surface area (Å²) in [7, 11) is 0. The van der Waals surface area contributed by atoms with E-state index in [-0.39, 0.29) is 6.04 Å². The second-order valence-electron chi connectivity index (χ2n) is 4.10. The molecule has 0 aromatic heterocycles. The van der Waals surface area contributed by atoms with Crippen molar-refractivity contribution in [3.05, 3.63) is 34.3 Å². The normalized spacial score (nSPS) is 18.6. The molecule has 0 amide bonds. The minimum absolute atomic E-state index is 0.0926. The Morgan fingerprint density at radius 1 is 1.38 bits per heavy atom. The van der Waals surface area contributed by atoms with Gasteiger partial charge in [-0.2, -0.15) is 0 Å². The Labute approximate surface area is 110 Å². The fourth-order valence-electron chi connectivity index (χ4n) is 2.23. The zero-order valence-electron chi connectivity index (χ0n) is 9.03. The predicted molar refractivity (Wildman–Crippen MR) is 74.5 cm³/mol. The van der Waals surface area contributed by atoms with Crippen molar-refractivity contribution in [3.8, 4) is 0 Å². The molecule has 16 heavy (non-hydrogen) atoms. The van der Waals surface area contributed by atoms with E-state index < -0.39 is 0 Å². The number of nitrogens with zero attached hydrogens (tertiary/aromatic N) is 1. The molecule has 1 aromatic carbocycles. The number of benzene rings is 1. The Hall–Kier alpha value is -0.450. The van der Waals surface area contributed by atoms with Crippen LogP contribution in [0.15, 0.2) is 28.7 Å². The van der Waals surface area contributed by atoms with Gasteiger partial charge in [0, 0.05) is 4.47 Å². The maximum Gasteiger partial charge on any atom is 0.0948 e. The molecule has 1 aliphatic heterocycles. The molecule has 2 N–H and O–H groups in total. The Kier molecular flexibility index (Phi) is 3.95. The third kappa shape index (κ3) is 2.62. The van der Waals surface area contributed by atoms with E-state index in [1.54, 1.807) is 0 Å². The maximum atomic E-state index is 5.87. The van der Waals surface area contributed by atoms with Crippen molar-refractivity contribution in [2.24, 2.45) is 5.73 Å². The Bertz CT molecular complexity index is 388. The maximum absolute atomic E-state index is 5.87. The molecule has 2 nitrogen and oxygen atoms in total. The van der Waals surface area contributed by atoms with Crippen molar-refractivity contribution in [2.45, 2.75) is 18.9 Å². The van der Waals surface area contributed by atoms with Gasteiger partial charge >= 0.3 is 0 Å². The lowest BCUT2D eigenvalue weighted by molar-refractivity contribution is 0.305. The molecule has 0 bridgehead atoms. The van der Waals surface area contributed by atoms with Crippen LogP contribution in [0.1, 0.15) is 24.4 Å². The largest absolute Gasteiger partial charge is 0.392 e. The monoisotopic (exact) mass is 298 g/mol. The molecule has 86 valence electrons. The molecule has 2 rings (SSSR count). The molecule has 0 radical (unpaired) electrons. The van der Waals surface area contributed by atoms with Gasteiger partial charge in [-0.3, -0.25) is 4.90 Å². The lowest BCUT2D eigenvalue weighted by Gasteiger charge is -2.26. The minimum Gasteiger partial charge on any atom is -0.392 e. The second kappa shape index (κ2) is 5.25. The van der Waals surface area contributed by atoms with Crippen molar-refractivity contribution < 1.29 is 0 Å². The average molecular weight is 299 g/mol. The van der Waals surface area contributed by atoms with E-state index in [4.69, 9.17) is 18.0 Å². The standard InChI is InChI=1S/C12H15BrN2S/c13-10-5-3-4-9(8-10)11(12(14)16)15-6-1-2-7-15/h3-5,8,11H,1-2,6-7H2,(H2,14,16). The van der Waals surface area contributed by atoms with Gasteiger partial charge in [0.2, 0.25) is 0 Å². The first-order chi connectivity index (χ1) is 7.68. The van der Waals surface area contributed by atoms with Crippen molar-refractivity contribution >= 4 is 33.1 Å². The quantitative estimate of drug-likeness (QED) is 0.870. The number of hydrogen-bond donors (Lipinski definition) is 1. The molecule has 1 fully saturated rings. The number of rotatable bonds is 3. The fraction of sp³-hybridized carbons (Fsp3) is 0.417. The summed E-state index contributed by atoms with van der Waals surface area (Å²) in [5.41, 5.74) is 7.06. The molecule has 4 heteroatoms. The van der Waals surface area contributed by atoms with E-state index in [2.05, 4.69) is 33.0 Å². The van der Waals surface area contributed by atoms with Crippen LogP contribution in [0, 0.1) is 0 Å². The van der Waals surface area contributed by atoms with Crippen LogP contribution in [0.4, 0.5) is 0 Å². The van der Waals surface area contributed by atoms with Gasteiger partial charge in [0.15, 0.2) is 0 Å². The van der Waals surface area contributed by atoms with Gasteiger partial charge in [0.05, 0.1) is 11.0 Å². The van der Waals surface area contributed by atoms with Crippen LogP contribution in [0.2, 0.25) is 0 Å². The third-order valence-corrected chi connectivity index (χ3v) is 3.66. The van der Waals surface area contributed by atoms with E-state index in [0.29, 0.717) is 4.99 Å². The van der Waals surface area contributed by atoms with Gasteiger partial charge in [-0.05, 0) is 43.6 Å².